The van der Waals surface area contributed by atoms with Crippen LogP contribution in [0, 0.1) is 6.07 Å². The van der Waals surface area contributed by atoms with Gasteiger partial charge >= 0.3 is 0 Å². The Morgan fingerprint density at radius 3 is 2.83 bits per heavy atom. The van der Waals surface area contributed by atoms with E-state index in [0.29, 0.717) is 0 Å². The highest BCUT2D eigenvalue weighted by atomic mass is 15.3. The number of rotatable bonds is 0. The van der Waals surface area contributed by atoms with Gasteiger partial charge in [0.25, 0.3) is 0 Å². The smallest absolute Gasteiger partial charge is 0.152 e. The molecular weight excluding hydrogens is 150 g/mol. The Bertz CT molecular complexity index is 256. The molecule has 3 heteroatoms. The van der Waals surface area contributed by atoms with Crippen molar-refractivity contribution < 1.29 is 0 Å². The number of likely N-dealkylation sites (N-methyl/N-ethyl adjacent to an activating group) is 2. The Kier molecular flexibility index (Phi) is 1.64. The maximum absolute atomic E-state index is 4.28. The predicted molar refractivity (Wildman–Crippen MR) is 49.6 cm³/mol. The fourth-order valence-corrected chi connectivity index (χ4v) is 1.45. The summed E-state index contributed by atoms with van der Waals surface area (Å²) in [5, 5.41) is 0. The van der Waals surface area contributed by atoms with Crippen molar-refractivity contribution in [1.82, 2.24) is 4.98 Å². The average Bonchev–Trinajstić information content (AvgIpc) is 2.12. The van der Waals surface area contributed by atoms with Gasteiger partial charge in [-0.15, -0.1) is 0 Å². The third-order valence-electron chi connectivity index (χ3n) is 2.25. The van der Waals surface area contributed by atoms with Gasteiger partial charge in [0.2, 0.25) is 0 Å². The van der Waals surface area contributed by atoms with Crippen molar-refractivity contribution in [1.29, 1.82) is 0 Å². The molecule has 0 aromatic carbocycles. The number of aromatic nitrogens is 1. The molecule has 0 spiro atoms. The molecule has 0 fully saturated rings. The Morgan fingerprint density at radius 1 is 1.33 bits per heavy atom. The first-order chi connectivity index (χ1) is 5.79. The molecule has 2 rings (SSSR count). The zero-order valence-electron chi connectivity index (χ0n) is 7.41. The molecule has 2 heterocycles. The van der Waals surface area contributed by atoms with Gasteiger partial charge in [0.15, 0.2) is 5.82 Å². The molecule has 0 amide bonds. The third kappa shape index (κ3) is 1.02. The summed E-state index contributed by atoms with van der Waals surface area (Å²) in [7, 11) is 4.15. The van der Waals surface area contributed by atoms with Crippen molar-refractivity contribution >= 4 is 11.5 Å². The minimum Gasteiger partial charge on any atom is -0.370 e. The van der Waals surface area contributed by atoms with Crippen molar-refractivity contribution in [3.05, 3.63) is 18.3 Å². The van der Waals surface area contributed by atoms with Crippen LogP contribution in [0.5, 0.6) is 0 Å². The van der Waals surface area contributed by atoms with Crippen LogP contribution < -0.4 is 9.80 Å². The third-order valence-corrected chi connectivity index (χ3v) is 2.25. The second-order valence-corrected chi connectivity index (χ2v) is 3.12. The molecule has 0 aliphatic carbocycles. The fraction of sp³-hybridized carbons (Fsp3) is 0.444. The number of hydrogen-bond acceptors (Lipinski definition) is 3. The Hall–Kier alpha value is -1.25. The Balaban J connectivity index is 2.47. The first-order valence-corrected chi connectivity index (χ1v) is 4.07. The van der Waals surface area contributed by atoms with Crippen LogP contribution in [-0.4, -0.2) is 32.2 Å². The van der Waals surface area contributed by atoms with Crippen LogP contribution in [0.2, 0.25) is 0 Å². The number of fused-ring (bicyclic) bond motifs is 1. The number of hydrogen-bond donors (Lipinski definition) is 0. The summed E-state index contributed by atoms with van der Waals surface area (Å²) in [6.07, 6.45) is 1.72. The van der Waals surface area contributed by atoms with Gasteiger partial charge in [0.05, 0.1) is 5.69 Å². The Labute approximate surface area is 72.6 Å². The second kappa shape index (κ2) is 2.66. The zero-order valence-corrected chi connectivity index (χ0v) is 7.41. The number of anilines is 2. The molecule has 1 aliphatic rings. The van der Waals surface area contributed by atoms with Gasteiger partial charge in [-0.3, -0.25) is 0 Å². The molecule has 1 aromatic rings. The highest BCUT2D eigenvalue weighted by Crippen LogP contribution is 2.27. The number of nitrogens with zero attached hydrogens (tertiary/aromatic N) is 3. The van der Waals surface area contributed by atoms with Gasteiger partial charge in [0, 0.05) is 39.4 Å². The van der Waals surface area contributed by atoms with E-state index in [1.807, 2.05) is 6.07 Å². The van der Waals surface area contributed by atoms with Crippen LogP contribution >= 0.6 is 0 Å². The lowest BCUT2D eigenvalue weighted by atomic mass is 10.2. The van der Waals surface area contributed by atoms with E-state index in [-0.39, 0.29) is 0 Å². The molecule has 3 nitrogen and oxygen atoms in total. The van der Waals surface area contributed by atoms with E-state index in [2.05, 4.69) is 34.9 Å². The molecule has 0 unspecified atom stereocenters. The molecule has 0 N–H and O–H groups in total. The lowest BCUT2D eigenvalue weighted by molar-refractivity contribution is 0.782. The first kappa shape index (κ1) is 7.40. The van der Waals surface area contributed by atoms with E-state index < -0.39 is 0 Å². The van der Waals surface area contributed by atoms with Gasteiger partial charge < -0.3 is 9.80 Å². The van der Waals surface area contributed by atoms with Gasteiger partial charge in [0.1, 0.15) is 0 Å². The summed E-state index contributed by atoms with van der Waals surface area (Å²) < 4.78 is 0. The minimum atomic E-state index is 1.04. The van der Waals surface area contributed by atoms with Gasteiger partial charge in [-0.2, -0.15) is 0 Å². The molecule has 0 saturated carbocycles. The lowest BCUT2D eigenvalue weighted by Gasteiger charge is -2.33. The molecule has 1 aliphatic heterocycles. The lowest BCUT2D eigenvalue weighted by Crippen LogP contribution is -2.37. The van der Waals surface area contributed by atoms with Crippen LogP contribution in [0.1, 0.15) is 0 Å². The van der Waals surface area contributed by atoms with Gasteiger partial charge in [-0.1, -0.05) is 0 Å². The maximum atomic E-state index is 4.28. The average molecular weight is 162 g/mol. The van der Waals surface area contributed by atoms with E-state index in [9.17, 15) is 0 Å². The standard InChI is InChI=1S/C9H12N3/c1-11-6-7-12(2)9-8(11)4-3-5-10-9/h4-5H,6-7H2,1-2H3. The molecule has 0 atom stereocenters. The van der Waals surface area contributed by atoms with E-state index >= 15 is 0 Å². The maximum Gasteiger partial charge on any atom is 0.152 e. The number of pyridine rings is 1. The predicted octanol–water partition coefficient (Wildman–Crippen LogP) is 0.768. The quantitative estimate of drug-likeness (QED) is 0.561. The highest BCUT2D eigenvalue weighted by molar-refractivity contribution is 5.68. The van der Waals surface area contributed by atoms with Crippen molar-refractivity contribution in [3.63, 3.8) is 0 Å². The van der Waals surface area contributed by atoms with Crippen molar-refractivity contribution in [2.45, 2.75) is 0 Å². The molecule has 0 saturated heterocycles. The monoisotopic (exact) mass is 162 g/mol. The Morgan fingerprint density at radius 2 is 2.08 bits per heavy atom. The van der Waals surface area contributed by atoms with Gasteiger partial charge in [-0.05, 0) is 6.07 Å². The summed E-state index contributed by atoms with van der Waals surface area (Å²) >= 11 is 0. The van der Waals surface area contributed by atoms with E-state index in [1.165, 1.54) is 5.69 Å². The largest absolute Gasteiger partial charge is 0.370 e. The molecule has 1 aromatic heterocycles. The molecule has 0 bridgehead atoms. The van der Waals surface area contributed by atoms with Crippen LogP contribution in [0.15, 0.2) is 12.3 Å². The molecular formula is C9H12N3. The highest BCUT2D eigenvalue weighted by Gasteiger charge is 2.17. The SMILES string of the molecule is CN1CCN(C)c2nc[c]cc21. The van der Waals surface area contributed by atoms with Crippen LogP contribution in [0.3, 0.4) is 0 Å². The normalized spacial score (nSPS) is 16.2. The molecule has 63 valence electrons. The topological polar surface area (TPSA) is 19.4 Å². The zero-order chi connectivity index (χ0) is 8.55. The fourth-order valence-electron chi connectivity index (χ4n) is 1.45. The summed E-state index contributed by atoms with van der Waals surface area (Å²) in [5.41, 5.74) is 1.17. The van der Waals surface area contributed by atoms with Crippen LogP contribution in [0.4, 0.5) is 11.5 Å². The molecule has 1 radical (unpaired) electrons. The van der Waals surface area contributed by atoms with Crippen LogP contribution in [0.25, 0.3) is 0 Å². The van der Waals surface area contributed by atoms with E-state index in [1.54, 1.807) is 6.20 Å². The van der Waals surface area contributed by atoms with Crippen LogP contribution in [-0.2, 0) is 0 Å². The minimum absolute atomic E-state index is 1.04. The van der Waals surface area contributed by atoms with Crippen molar-refractivity contribution in [3.8, 4) is 0 Å². The van der Waals surface area contributed by atoms with Crippen molar-refractivity contribution in [2.24, 2.45) is 0 Å². The van der Waals surface area contributed by atoms with E-state index in [4.69, 9.17) is 0 Å². The summed E-state index contributed by atoms with van der Waals surface area (Å²) in [4.78, 5) is 8.66. The molecule has 12 heavy (non-hydrogen) atoms. The van der Waals surface area contributed by atoms with E-state index in [0.717, 1.165) is 18.9 Å². The second-order valence-electron chi connectivity index (χ2n) is 3.12. The first-order valence-electron chi connectivity index (χ1n) is 4.07. The summed E-state index contributed by atoms with van der Waals surface area (Å²) in [5.74, 6) is 1.06. The summed E-state index contributed by atoms with van der Waals surface area (Å²) in [6.45, 7) is 2.10. The van der Waals surface area contributed by atoms with Gasteiger partial charge in [-0.25, -0.2) is 4.98 Å². The summed E-state index contributed by atoms with van der Waals surface area (Å²) in [6, 6.07) is 4.98. The van der Waals surface area contributed by atoms with Crippen molar-refractivity contribution in [2.75, 3.05) is 37.0 Å².